The number of rotatable bonds is 3. The average Bonchev–Trinajstić information content (AvgIpc) is 2.77. The minimum atomic E-state index is -0.280. The van der Waals surface area contributed by atoms with Crippen LogP contribution in [-0.4, -0.2) is 16.0 Å². The van der Waals surface area contributed by atoms with Gasteiger partial charge in [0.15, 0.2) is 11.6 Å². The summed E-state index contributed by atoms with van der Waals surface area (Å²) in [5.74, 6) is 0.426. The van der Waals surface area contributed by atoms with Crippen molar-refractivity contribution in [3.63, 3.8) is 0 Å². The summed E-state index contributed by atoms with van der Waals surface area (Å²) >= 11 is 0. The molecule has 1 amide bonds. The third kappa shape index (κ3) is 2.68. The summed E-state index contributed by atoms with van der Waals surface area (Å²) in [6.45, 7) is 3.87. The van der Waals surface area contributed by atoms with Crippen LogP contribution in [0.15, 0.2) is 28.9 Å². The first kappa shape index (κ1) is 12.2. The maximum Gasteiger partial charge on any atom is 0.273 e. The Morgan fingerprint density at radius 1 is 1.44 bits per heavy atom. The smallest absolute Gasteiger partial charge is 0.273 e. The predicted molar refractivity (Wildman–Crippen MR) is 65.3 cm³/mol. The van der Waals surface area contributed by atoms with Crippen LogP contribution in [0.3, 0.4) is 0 Å². The van der Waals surface area contributed by atoms with E-state index in [9.17, 15) is 9.90 Å². The highest BCUT2D eigenvalue weighted by Gasteiger charge is 2.10. The van der Waals surface area contributed by atoms with Crippen molar-refractivity contribution in [2.75, 3.05) is 0 Å². The lowest BCUT2D eigenvalue weighted by atomic mass is 10.1. The van der Waals surface area contributed by atoms with Crippen molar-refractivity contribution >= 4 is 5.91 Å². The molecule has 1 aromatic heterocycles. The van der Waals surface area contributed by atoms with Crippen LogP contribution < -0.4 is 5.32 Å². The molecule has 2 N–H and O–H groups in total. The summed E-state index contributed by atoms with van der Waals surface area (Å²) in [7, 11) is 0. The molecule has 0 aliphatic heterocycles. The van der Waals surface area contributed by atoms with Gasteiger partial charge in [-0.15, -0.1) is 0 Å². The Morgan fingerprint density at radius 2 is 2.22 bits per heavy atom. The highest BCUT2D eigenvalue weighted by Crippen LogP contribution is 2.16. The molecule has 0 aliphatic carbocycles. The van der Waals surface area contributed by atoms with Crippen molar-refractivity contribution < 1.29 is 14.3 Å². The second-order valence-electron chi connectivity index (χ2n) is 4.06. The number of phenolic OH excluding ortho intramolecular Hbond substituents is 1. The largest absolute Gasteiger partial charge is 0.508 e. The zero-order valence-electron chi connectivity index (χ0n) is 10.2. The van der Waals surface area contributed by atoms with Crippen molar-refractivity contribution in [2.45, 2.75) is 20.4 Å². The fourth-order valence-electron chi connectivity index (χ4n) is 1.57. The molecule has 0 atom stereocenters. The fraction of sp³-hybridized carbons (Fsp3) is 0.231. The number of carbonyl (C=O) groups excluding carboxylic acids is 1. The van der Waals surface area contributed by atoms with E-state index in [4.69, 9.17) is 4.42 Å². The number of nitrogens with zero attached hydrogens (tertiary/aromatic N) is 1. The third-order valence-corrected chi connectivity index (χ3v) is 2.57. The van der Waals surface area contributed by atoms with Gasteiger partial charge in [0.25, 0.3) is 5.91 Å². The number of nitrogens with one attached hydrogen (secondary N) is 1. The minimum Gasteiger partial charge on any atom is -0.508 e. The molecule has 1 aromatic carbocycles. The monoisotopic (exact) mass is 246 g/mol. The van der Waals surface area contributed by atoms with Crippen molar-refractivity contribution in [3.8, 4) is 5.75 Å². The number of benzene rings is 1. The highest BCUT2D eigenvalue weighted by molar-refractivity contribution is 5.91. The molecule has 94 valence electrons. The minimum absolute atomic E-state index is 0.247. The Morgan fingerprint density at radius 3 is 2.83 bits per heavy atom. The van der Waals surface area contributed by atoms with E-state index in [1.54, 1.807) is 19.1 Å². The van der Waals surface area contributed by atoms with E-state index >= 15 is 0 Å². The number of oxazole rings is 1. The number of aromatic hydroxyl groups is 1. The molecular formula is C13H14N2O3. The van der Waals surface area contributed by atoms with E-state index in [2.05, 4.69) is 10.3 Å². The Labute approximate surface area is 104 Å². The van der Waals surface area contributed by atoms with Crippen LogP contribution in [0, 0.1) is 13.8 Å². The highest BCUT2D eigenvalue weighted by atomic mass is 16.3. The molecule has 5 nitrogen and oxygen atoms in total. The number of hydrogen-bond donors (Lipinski definition) is 2. The summed E-state index contributed by atoms with van der Waals surface area (Å²) in [4.78, 5) is 15.6. The van der Waals surface area contributed by atoms with E-state index in [1.807, 2.05) is 13.0 Å². The topological polar surface area (TPSA) is 75.4 Å². The van der Waals surface area contributed by atoms with Crippen molar-refractivity contribution in [2.24, 2.45) is 0 Å². The van der Waals surface area contributed by atoms with Gasteiger partial charge >= 0.3 is 0 Å². The number of aromatic nitrogens is 1. The number of hydrogen-bond acceptors (Lipinski definition) is 4. The van der Waals surface area contributed by atoms with Crippen LogP contribution in [-0.2, 0) is 6.54 Å². The summed E-state index contributed by atoms with van der Waals surface area (Å²) in [6.07, 6.45) is 1.33. The van der Waals surface area contributed by atoms with Crippen LogP contribution in [0.1, 0.15) is 27.5 Å². The van der Waals surface area contributed by atoms with Gasteiger partial charge in [0, 0.05) is 13.5 Å². The van der Waals surface area contributed by atoms with Gasteiger partial charge in [-0.2, -0.15) is 0 Å². The van der Waals surface area contributed by atoms with Crippen LogP contribution >= 0.6 is 0 Å². The molecule has 2 rings (SSSR count). The SMILES string of the molecule is Cc1nc(C(=O)NCc2ccc(O)c(C)c2)co1. The van der Waals surface area contributed by atoms with Gasteiger partial charge in [-0.25, -0.2) is 4.98 Å². The van der Waals surface area contributed by atoms with Gasteiger partial charge in [0.2, 0.25) is 0 Å². The Kier molecular flexibility index (Phi) is 3.32. The maximum atomic E-state index is 11.7. The summed E-state index contributed by atoms with van der Waals surface area (Å²) < 4.78 is 4.97. The zero-order valence-corrected chi connectivity index (χ0v) is 10.2. The Bertz CT molecular complexity index is 575. The molecular weight excluding hydrogens is 232 g/mol. The van der Waals surface area contributed by atoms with E-state index in [1.165, 1.54) is 6.26 Å². The van der Waals surface area contributed by atoms with Crippen LogP contribution in [0.2, 0.25) is 0 Å². The number of aryl methyl sites for hydroxylation is 2. The van der Waals surface area contributed by atoms with Gasteiger partial charge < -0.3 is 14.8 Å². The first-order chi connectivity index (χ1) is 8.56. The lowest BCUT2D eigenvalue weighted by molar-refractivity contribution is 0.0946. The van der Waals surface area contributed by atoms with E-state index < -0.39 is 0 Å². The molecule has 5 heteroatoms. The molecule has 0 unspecified atom stereocenters. The maximum absolute atomic E-state index is 11.7. The van der Waals surface area contributed by atoms with Crippen molar-refractivity contribution in [1.82, 2.24) is 10.3 Å². The van der Waals surface area contributed by atoms with E-state index in [0.29, 0.717) is 12.4 Å². The van der Waals surface area contributed by atoms with Crippen LogP contribution in [0.4, 0.5) is 0 Å². The Balaban J connectivity index is 1.99. The lowest BCUT2D eigenvalue weighted by Gasteiger charge is -2.05. The number of carbonyl (C=O) groups is 1. The van der Waals surface area contributed by atoms with Gasteiger partial charge in [0.1, 0.15) is 12.0 Å². The molecule has 0 spiro atoms. The molecule has 0 saturated carbocycles. The average molecular weight is 246 g/mol. The molecule has 18 heavy (non-hydrogen) atoms. The Hall–Kier alpha value is -2.30. The third-order valence-electron chi connectivity index (χ3n) is 2.57. The normalized spacial score (nSPS) is 10.3. The van der Waals surface area contributed by atoms with Crippen molar-refractivity contribution in [1.29, 1.82) is 0 Å². The lowest BCUT2D eigenvalue weighted by Crippen LogP contribution is -2.23. The molecule has 2 aromatic rings. The van der Waals surface area contributed by atoms with Gasteiger partial charge in [-0.05, 0) is 24.1 Å². The standard InChI is InChI=1S/C13H14N2O3/c1-8-5-10(3-4-12(8)16)6-14-13(17)11-7-18-9(2)15-11/h3-5,7,16H,6H2,1-2H3,(H,14,17). The molecule has 0 aliphatic rings. The van der Waals surface area contributed by atoms with Crippen LogP contribution in [0.25, 0.3) is 0 Å². The van der Waals surface area contributed by atoms with Gasteiger partial charge in [-0.3, -0.25) is 4.79 Å². The quantitative estimate of drug-likeness (QED) is 0.867. The molecule has 0 fully saturated rings. The first-order valence-electron chi connectivity index (χ1n) is 5.55. The number of amides is 1. The summed E-state index contributed by atoms with van der Waals surface area (Å²) in [5, 5.41) is 12.1. The van der Waals surface area contributed by atoms with Crippen LogP contribution in [0.5, 0.6) is 5.75 Å². The molecule has 0 bridgehead atoms. The second kappa shape index (κ2) is 4.91. The summed E-state index contributed by atoms with van der Waals surface area (Å²) in [5.41, 5.74) is 1.96. The van der Waals surface area contributed by atoms with Gasteiger partial charge in [-0.1, -0.05) is 12.1 Å². The van der Waals surface area contributed by atoms with E-state index in [0.717, 1.165) is 11.1 Å². The predicted octanol–water partition coefficient (Wildman–Crippen LogP) is 1.93. The van der Waals surface area contributed by atoms with E-state index in [-0.39, 0.29) is 17.4 Å². The first-order valence-corrected chi connectivity index (χ1v) is 5.55. The zero-order chi connectivity index (χ0) is 13.1. The number of phenols is 1. The second-order valence-corrected chi connectivity index (χ2v) is 4.06. The summed E-state index contributed by atoms with van der Waals surface area (Å²) in [6, 6.07) is 5.19. The van der Waals surface area contributed by atoms with Crippen molar-refractivity contribution in [3.05, 3.63) is 47.2 Å². The molecule has 1 heterocycles. The molecule has 0 radical (unpaired) electrons. The molecule has 0 saturated heterocycles. The van der Waals surface area contributed by atoms with Gasteiger partial charge in [0.05, 0.1) is 0 Å². The fourth-order valence-corrected chi connectivity index (χ4v) is 1.57.